The van der Waals surface area contributed by atoms with Gasteiger partial charge >= 0.3 is 0 Å². The number of rotatable bonds is 7. The lowest BCUT2D eigenvalue weighted by Gasteiger charge is -2.13. The minimum absolute atomic E-state index is 0.0309. The van der Waals surface area contributed by atoms with E-state index < -0.39 is 0 Å². The number of hydrogen-bond acceptors (Lipinski definition) is 3. The molecule has 0 bridgehead atoms. The molecule has 0 spiro atoms. The number of nitrogens with one attached hydrogen (secondary N) is 1. The molecular weight excluding hydrogens is 270 g/mol. The molecule has 0 radical (unpaired) electrons. The lowest BCUT2D eigenvalue weighted by atomic mass is 10.2. The average molecular weight is 288 g/mol. The summed E-state index contributed by atoms with van der Waals surface area (Å²) in [5, 5.41) is 12.1. The number of aliphatic hydroxyl groups excluding tert-OH is 1. The number of para-hydroxylation sites is 1. The molecule has 0 aliphatic rings. The third kappa shape index (κ3) is 4.12. The highest BCUT2D eigenvalue weighted by Crippen LogP contribution is 2.28. The van der Waals surface area contributed by atoms with E-state index in [0.717, 1.165) is 35.3 Å². The van der Waals surface area contributed by atoms with Crippen molar-refractivity contribution in [1.82, 2.24) is 5.32 Å². The SMILES string of the molecule is CCCNCc1cccc(Br)c1OCCO. The molecule has 1 aromatic rings. The van der Waals surface area contributed by atoms with Gasteiger partial charge in [0.1, 0.15) is 12.4 Å². The molecule has 0 aliphatic carbocycles. The largest absolute Gasteiger partial charge is 0.490 e. The van der Waals surface area contributed by atoms with Gasteiger partial charge in [-0.1, -0.05) is 19.1 Å². The van der Waals surface area contributed by atoms with Crippen molar-refractivity contribution < 1.29 is 9.84 Å². The molecule has 0 atom stereocenters. The Hall–Kier alpha value is -0.580. The Morgan fingerprint density at radius 1 is 1.44 bits per heavy atom. The lowest BCUT2D eigenvalue weighted by molar-refractivity contribution is 0.199. The van der Waals surface area contributed by atoms with E-state index in [1.54, 1.807) is 0 Å². The average Bonchev–Trinajstić information content (AvgIpc) is 2.28. The highest BCUT2D eigenvalue weighted by Gasteiger charge is 2.07. The van der Waals surface area contributed by atoms with E-state index in [2.05, 4.69) is 28.2 Å². The van der Waals surface area contributed by atoms with Crippen LogP contribution in [0.3, 0.4) is 0 Å². The van der Waals surface area contributed by atoms with Crippen molar-refractivity contribution in [2.24, 2.45) is 0 Å². The number of aliphatic hydroxyl groups is 1. The van der Waals surface area contributed by atoms with E-state index in [1.807, 2.05) is 18.2 Å². The maximum atomic E-state index is 8.77. The summed E-state index contributed by atoms with van der Waals surface area (Å²) in [6, 6.07) is 5.95. The van der Waals surface area contributed by atoms with Gasteiger partial charge in [0, 0.05) is 12.1 Å². The van der Waals surface area contributed by atoms with E-state index in [0.29, 0.717) is 6.61 Å². The van der Waals surface area contributed by atoms with E-state index in [9.17, 15) is 0 Å². The zero-order chi connectivity index (χ0) is 11.8. The summed E-state index contributed by atoms with van der Waals surface area (Å²) >= 11 is 3.45. The predicted molar refractivity (Wildman–Crippen MR) is 68.7 cm³/mol. The molecule has 0 aromatic heterocycles. The van der Waals surface area contributed by atoms with Crippen LogP contribution < -0.4 is 10.1 Å². The van der Waals surface area contributed by atoms with Crippen LogP contribution in [0.2, 0.25) is 0 Å². The molecule has 1 aromatic carbocycles. The van der Waals surface area contributed by atoms with Crippen LogP contribution in [0.1, 0.15) is 18.9 Å². The second-order valence-electron chi connectivity index (χ2n) is 3.48. The summed E-state index contributed by atoms with van der Waals surface area (Å²) < 4.78 is 6.44. The summed E-state index contributed by atoms with van der Waals surface area (Å²) in [4.78, 5) is 0. The van der Waals surface area contributed by atoms with Gasteiger partial charge < -0.3 is 15.2 Å². The van der Waals surface area contributed by atoms with Crippen molar-refractivity contribution in [3.63, 3.8) is 0 Å². The van der Waals surface area contributed by atoms with Gasteiger partial charge in [-0.3, -0.25) is 0 Å². The fraction of sp³-hybridized carbons (Fsp3) is 0.500. The van der Waals surface area contributed by atoms with Crippen molar-refractivity contribution in [1.29, 1.82) is 0 Å². The van der Waals surface area contributed by atoms with Crippen LogP contribution in [0, 0.1) is 0 Å². The molecular formula is C12H18BrNO2. The summed E-state index contributed by atoms with van der Waals surface area (Å²) in [6.45, 7) is 4.27. The molecule has 90 valence electrons. The standard InChI is InChI=1S/C12H18BrNO2/c1-2-6-14-9-10-4-3-5-11(13)12(10)16-8-7-15/h3-5,14-15H,2,6-9H2,1H3. The molecule has 2 N–H and O–H groups in total. The van der Waals surface area contributed by atoms with E-state index >= 15 is 0 Å². The summed E-state index contributed by atoms with van der Waals surface area (Å²) in [7, 11) is 0. The maximum absolute atomic E-state index is 8.77. The van der Waals surface area contributed by atoms with Crippen LogP contribution in [-0.4, -0.2) is 24.9 Å². The van der Waals surface area contributed by atoms with Crippen LogP contribution in [0.4, 0.5) is 0 Å². The van der Waals surface area contributed by atoms with Gasteiger partial charge in [0.2, 0.25) is 0 Å². The van der Waals surface area contributed by atoms with E-state index in [1.165, 1.54) is 0 Å². The van der Waals surface area contributed by atoms with Crippen LogP contribution in [0.5, 0.6) is 5.75 Å². The van der Waals surface area contributed by atoms with Crippen LogP contribution in [0.25, 0.3) is 0 Å². The second kappa shape index (κ2) is 7.65. The first-order chi connectivity index (χ1) is 7.79. The van der Waals surface area contributed by atoms with E-state index in [-0.39, 0.29) is 6.61 Å². The predicted octanol–water partition coefficient (Wildman–Crippen LogP) is 2.32. The second-order valence-corrected chi connectivity index (χ2v) is 4.33. The molecule has 0 aliphatic heterocycles. The van der Waals surface area contributed by atoms with Gasteiger partial charge in [-0.15, -0.1) is 0 Å². The third-order valence-electron chi connectivity index (χ3n) is 2.13. The Bertz CT molecular complexity index is 318. The smallest absolute Gasteiger partial charge is 0.138 e. The van der Waals surface area contributed by atoms with Crippen molar-refractivity contribution in [3.8, 4) is 5.75 Å². The topological polar surface area (TPSA) is 41.5 Å². The molecule has 0 fully saturated rings. The first-order valence-corrected chi connectivity index (χ1v) is 6.30. The molecule has 0 saturated heterocycles. The monoisotopic (exact) mass is 287 g/mol. The minimum atomic E-state index is 0.0309. The van der Waals surface area contributed by atoms with Gasteiger partial charge in [0.15, 0.2) is 0 Å². The zero-order valence-corrected chi connectivity index (χ0v) is 11.1. The third-order valence-corrected chi connectivity index (χ3v) is 2.75. The fourth-order valence-electron chi connectivity index (χ4n) is 1.40. The first kappa shape index (κ1) is 13.5. The summed E-state index contributed by atoms with van der Waals surface area (Å²) in [5.74, 6) is 0.820. The fourth-order valence-corrected chi connectivity index (χ4v) is 1.92. The lowest BCUT2D eigenvalue weighted by Crippen LogP contribution is -2.15. The molecule has 0 saturated carbocycles. The van der Waals surface area contributed by atoms with Crippen molar-refractivity contribution >= 4 is 15.9 Å². The highest BCUT2D eigenvalue weighted by molar-refractivity contribution is 9.10. The molecule has 4 heteroatoms. The highest BCUT2D eigenvalue weighted by atomic mass is 79.9. The first-order valence-electron chi connectivity index (χ1n) is 5.51. The Morgan fingerprint density at radius 2 is 2.25 bits per heavy atom. The quantitative estimate of drug-likeness (QED) is 0.757. The van der Waals surface area contributed by atoms with Gasteiger partial charge in [-0.2, -0.15) is 0 Å². The summed E-state index contributed by atoms with van der Waals surface area (Å²) in [6.07, 6.45) is 1.11. The molecule has 0 amide bonds. The van der Waals surface area contributed by atoms with Crippen LogP contribution in [0.15, 0.2) is 22.7 Å². The molecule has 0 heterocycles. The zero-order valence-electron chi connectivity index (χ0n) is 9.50. The van der Waals surface area contributed by atoms with Crippen molar-refractivity contribution in [2.45, 2.75) is 19.9 Å². The molecule has 1 rings (SSSR count). The van der Waals surface area contributed by atoms with Crippen molar-refractivity contribution in [2.75, 3.05) is 19.8 Å². The molecule has 16 heavy (non-hydrogen) atoms. The Balaban J connectivity index is 2.68. The van der Waals surface area contributed by atoms with Gasteiger partial charge in [0.25, 0.3) is 0 Å². The number of hydrogen-bond donors (Lipinski definition) is 2. The van der Waals surface area contributed by atoms with Gasteiger partial charge in [-0.25, -0.2) is 0 Å². The maximum Gasteiger partial charge on any atom is 0.138 e. The van der Waals surface area contributed by atoms with Gasteiger partial charge in [-0.05, 0) is 35.0 Å². The Labute approximate surface area is 105 Å². The van der Waals surface area contributed by atoms with Crippen LogP contribution >= 0.6 is 15.9 Å². The summed E-state index contributed by atoms with van der Waals surface area (Å²) in [5.41, 5.74) is 1.11. The number of ether oxygens (including phenoxy) is 1. The van der Waals surface area contributed by atoms with E-state index in [4.69, 9.17) is 9.84 Å². The van der Waals surface area contributed by atoms with Crippen molar-refractivity contribution in [3.05, 3.63) is 28.2 Å². The Morgan fingerprint density at radius 3 is 2.94 bits per heavy atom. The van der Waals surface area contributed by atoms with Crippen LogP contribution in [-0.2, 0) is 6.54 Å². The molecule has 0 unspecified atom stereocenters. The van der Waals surface area contributed by atoms with Gasteiger partial charge in [0.05, 0.1) is 11.1 Å². The Kier molecular flexibility index (Phi) is 6.45. The normalized spacial score (nSPS) is 10.4. The minimum Gasteiger partial charge on any atom is -0.490 e. The number of halogens is 1. The molecule has 3 nitrogen and oxygen atoms in total. The number of benzene rings is 1.